The SMILES string of the molecule is CC[C@@H](O)c1ccc(N2CCn3ccnc3C2)cc1. The zero-order chi connectivity index (χ0) is 13.2. The lowest BCUT2D eigenvalue weighted by Crippen LogP contribution is -2.33. The van der Waals surface area contributed by atoms with Crippen LogP contribution in [0.25, 0.3) is 0 Å². The Labute approximate surface area is 113 Å². The molecular weight excluding hydrogens is 238 g/mol. The predicted octanol–water partition coefficient (Wildman–Crippen LogP) is 2.35. The van der Waals surface area contributed by atoms with Crippen molar-refractivity contribution in [2.24, 2.45) is 0 Å². The van der Waals surface area contributed by atoms with E-state index in [4.69, 9.17) is 0 Å². The van der Waals surface area contributed by atoms with Crippen molar-refractivity contribution >= 4 is 5.69 Å². The molecule has 0 spiro atoms. The summed E-state index contributed by atoms with van der Waals surface area (Å²) in [7, 11) is 0. The molecule has 19 heavy (non-hydrogen) atoms. The zero-order valence-corrected chi connectivity index (χ0v) is 11.2. The van der Waals surface area contributed by atoms with Gasteiger partial charge in [-0.3, -0.25) is 0 Å². The minimum Gasteiger partial charge on any atom is -0.388 e. The summed E-state index contributed by atoms with van der Waals surface area (Å²) in [6.07, 6.45) is 4.29. The van der Waals surface area contributed by atoms with Crippen LogP contribution < -0.4 is 4.90 Å². The van der Waals surface area contributed by atoms with Crippen molar-refractivity contribution in [3.8, 4) is 0 Å². The summed E-state index contributed by atoms with van der Waals surface area (Å²) >= 11 is 0. The molecule has 0 saturated heterocycles. The molecule has 0 fully saturated rings. The van der Waals surface area contributed by atoms with Crippen molar-refractivity contribution < 1.29 is 5.11 Å². The smallest absolute Gasteiger partial charge is 0.128 e. The van der Waals surface area contributed by atoms with Crippen LogP contribution in [-0.4, -0.2) is 21.2 Å². The minimum atomic E-state index is -0.352. The van der Waals surface area contributed by atoms with Crippen LogP contribution >= 0.6 is 0 Å². The number of aliphatic hydroxyl groups excluding tert-OH is 1. The molecule has 3 rings (SSSR count). The van der Waals surface area contributed by atoms with E-state index >= 15 is 0 Å². The minimum absolute atomic E-state index is 0.352. The lowest BCUT2D eigenvalue weighted by atomic mass is 10.1. The first-order valence-electron chi connectivity index (χ1n) is 6.81. The normalized spacial score (nSPS) is 16.2. The molecule has 1 aliphatic heterocycles. The average Bonchev–Trinajstić information content (AvgIpc) is 2.94. The van der Waals surface area contributed by atoms with Gasteiger partial charge in [-0.2, -0.15) is 0 Å². The third-order valence-electron chi connectivity index (χ3n) is 3.77. The average molecular weight is 257 g/mol. The highest BCUT2D eigenvalue weighted by Crippen LogP contribution is 2.23. The number of fused-ring (bicyclic) bond motifs is 1. The summed E-state index contributed by atoms with van der Waals surface area (Å²) in [5, 5.41) is 9.81. The van der Waals surface area contributed by atoms with Crippen molar-refractivity contribution in [1.82, 2.24) is 9.55 Å². The number of imidazole rings is 1. The summed E-state index contributed by atoms with van der Waals surface area (Å²) in [5.41, 5.74) is 2.19. The number of benzene rings is 1. The third kappa shape index (κ3) is 2.36. The van der Waals surface area contributed by atoms with Gasteiger partial charge in [0.25, 0.3) is 0 Å². The van der Waals surface area contributed by atoms with E-state index in [0.29, 0.717) is 0 Å². The van der Waals surface area contributed by atoms with E-state index in [1.807, 2.05) is 31.5 Å². The Kier molecular flexibility index (Phi) is 3.25. The van der Waals surface area contributed by atoms with Crippen LogP contribution in [-0.2, 0) is 13.1 Å². The van der Waals surface area contributed by atoms with Crippen LogP contribution in [0.5, 0.6) is 0 Å². The van der Waals surface area contributed by atoms with Crippen molar-refractivity contribution in [2.75, 3.05) is 11.4 Å². The van der Waals surface area contributed by atoms with Crippen LogP contribution in [0, 0.1) is 0 Å². The van der Waals surface area contributed by atoms with Crippen LogP contribution in [0.1, 0.15) is 30.8 Å². The van der Waals surface area contributed by atoms with Crippen molar-refractivity contribution in [3.05, 3.63) is 48.0 Å². The maximum atomic E-state index is 9.81. The number of hydrogen-bond donors (Lipinski definition) is 1. The fourth-order valence-electron chi connectivity index (χ4n) is 2.54. The van der Waals surface area contributed by atoms with Crippen molar-refractivity contribution in [1.29, 1.82) is 0 Å². The number of aliphatic hydroxyl groups is 1. The fourth-order valence-corrected chi connectivity index (χ4v) is 2.54. The van der Waals surface area contributed by atoms with E-state index < -0.39 is 0 Å². The van der Waals surface area contributed by atoms with E-state index in [-0.39, 0.29) is 6.10 Å². The number of nitrogens with zero attached hydrogens (tertiary/aromatic N) is 3. The second-order valence-corrected chi connectivity index (χ2v) is 4.97. The van der Waals surface area contributed by atoms with Crippen molar-refractivity contribution in [3.63, 3.8) is 0 Å². The predicted molar refractivity (Wildman–Crippen MR) is 75.0 cm³/mol. The third-order valence-corrected chi connectivity index (χ3v) is 3.77. The second kappa shape index (κ2) is 5.05. The van der Waals surface area contributed by atoms with Gasteiger partial charge in [0.1, 0.15) is 5.82 Å². The van der Waals surface area contributed by atoms with Gasteiger partial charge in [-0.25, -0.2) is 4.98 Å². The van der Waals surface area contributed by atoms with Gasteiger partial charge < -0.3 is 14.6 Å². The molecule has 2 heterocycles. The summed E-state index contributed by atoms with van der Waals surface area (Å²) in [5.74, 6) is 1.11. The lowest BCUT2D eigenvalue weighted by molar-refractivity contribution is 0.173. The highest BCUT2D eigenvalue weighted by atomic mass is 16.3. The largest absolute Gasteiger partial charge is 0.388 e. The number of hydrogen-bond acceptors (Lipinski definition) is 3. The number of anilines is 1. The first kappa shape index (κ1) is 12.2. The van der Waals surface area contributed by atoms with Gasteiger partial charge in [0.15, 0.2) is 0 Å². The van der Waals surface area contributed by atoms with E-state index in [0.717, 1.165) is 37.4 Å². The molecule has 0 amide bonds. The molecule has 1 aromatic carbocycles. The highest BCUT2D eigenvalue weighted by molar-refractivity contribution is 5.48. The molecule has 0 radical (unpaired) electrons. The Morgan fingerprint density at radius 3 is 2.79 bits per heavy atom. The van der Waals surface area contributed by atoms with Crippen LogP contribution in [0.15, 0.2) is 36.7 Å². The molecule has 1 aliphatic rings. The molecule has 1 N–H and O–H groups in total. The van der Waals surface area contributed by atoms with Crippen LogP contribution in [0.4, 0.5) is 5.69 Å². The molecule has 4 nitrogen and oxygen atoms in total. The molecular formula is C15H19N3O. The Morgan fingerprint density at radius 2 is 2.05 bits per heavy atom. The standard InChI is InChI=1S/C15H19N3O/c1-2-14(19)12-3-5-13(6-4-12)18-10-9-17-8-7-16-15(17)11-18/h3-8,14,19H,2,9-11H2,1H3/t14-/m1/s1. The monoisotopic (exact) mass is 257 g/mol. The Balaban J connectivity index is 1.77. The highest BCUT2D eigenvalue weighted by Gasteiger charge is 2.17. The van der Waals surface area contributed by atoms with E-state index in [1.54, 1.807) is 0 Å². The molecule has 1 aromatic heterocycles. The van der Waals surface area contributed by atoms with Gasteiger partial charge in [-0.05, 0) is 24.1 Å². The maximum absolute atomic E-state index is 9.81. The molecule has 0 saturated carbocycles. The molecule has 4 heteroatoms. The number of rotatable bonds is 3. The molecule has 2 aromatic rings. The lowest BCUT2D eigenvalue weighted by Gasteiger charge is -2.29. The summed E-state index contributed by atoms with van der Waals surface area (Å²) in [4.78, 5) is 6.70. The fraction of sp³-hybridized carbons (Fsp3) is 0.400. The number of aromatic nitrogens is 2. The topological polar surface area (TPSA) is 41.3 Å². The summed E-state index contributed by atoms with van der Waals surface area (Å²) in [6, 6.07) is 8.22. The van der Waals surface area contributed by atoms with Gasteiger partial charge in [-0.15, -0.1) is 0 Å². The summed E-state index contributed by atoms with van der Waals surface area (Å²) < 4.78 is 2.20. The van der Waals surface area contributed by atoms with Gasteiger partial charge in [0.2, 0.25) is 0 Å². The molecule has 1 atom stereocenters. The molecule has 0 aliphatic carbocycles. The summed E-state index contributed by atoms with van der Waals surface area (Å²) in [6.45, 7) is 4.82. The Bertz CT molecular complexity index is 547. The Hall–Kier alpha value is -1.81. The second-order valence-electron chi connectivity index (χ2n) is 4.97. The van der Waals surface area contributed by atoms with E-state index in [9.17, 15) is 5.11 Å². The van der Waals surface area contributed by atoms with Gasteiger partial charge in [0, 0.05) is 31.2 Å². The zero-order valence-electron chi connectivity index (χ0n) is 11.2. The first-order valence-corrected chi connectivity index (χ1v) is 6.81. The van der Waals surface area contributed by atoms with E-state index in [2.05, 4.69) is 26.6 Å². The Morgan fingerprint density at radius 1 is 1.26 bits per heavy atom. The van der Waals surface area contributed by atoms with Crippen molar-refractivity contribution in [2.45, 2.75) is 32.5 Å². The van der Waals surface area contributed by atoms with Crippen LogP contribution in [0.3, 0.4) is 0 Å². The van der Waals surface area contributed by atoms with Gasteiger partial charge >= 0.3 is 0 Å². The first-order chi connectivity index (χ1) is 9.28. The van der Waals surface area contributed by atoms with Crippen LogP contribution in [0.2, 0.25) is 0 Å². The quantitative estimate of drug-likeness (QED) is 0.917. The maximum Gasteiger partial charge on any atom is 0.128 e. The van der Waals surface area contributed by atoms with Gasteiger partial charge in [-0.1, -0.05) is 19.1 Å². The van der Waals surface area contributed by atoms with Gasteiger partial charge in [0.05, 0.1) is 12.6 Å². The van der Waals surface area contributed by atoms with E-state index in [1.165, 1.54) is 5.69 Å². The molecule has 0 unspecified atom stereocenters. The molecule has 100 valence electrons. The molecule has 0 bridgehead atoms.